The van der Waals surface area contributed by atoms with Crippen LogP contribution in [-0.4, -0.2) is 29.5 Å². The van der Waals surface area contributed by atoms with Crippen LogP contribution in [0.5, 0.6) is 0 Å². The fourth-order valence-electron chi connectivity index (χ4n) is 4.21. The van der Waals surface area contributed by atoms with Crippen molar-refractivity contribution in [3.05, 3.63) is 35.5 Å². The minimum atomic E-state index is 0.704. The molecule has 0 radical (unpaired) electrons. The summed E-state index contributed by atoms with van der Waals surface area (Å²) in [5, 5.41) is 1.52. The van der Waals surface area contributed by atoms with Crippen molar-refractivity contribution < 1.29 is 0 Å². The SMILES string of the molecule is C[C@H]1C[C@H]2c3cccc4[nH]cc(c34)C[C@@H]2N(C)C1. The monoisotopic (exact) mass is 240 g/mol. The Balaban J connectivity index is 1.92. The molecule has 18 heavy (non-hydrogen) atoms. The molecule has 2 heteroatoms. The first-order chi connectivity index (χ1) is 8.74. The molecule has 1 aliphatic carbocycles. The van der Waals surface area contributed by atoms with E-state index in [0.717, 1.165) is 11.8 Å². The molecule has 0 unspecified atom stereocenters. The summed E-state index contributed by atoms with van der Waals surface area (Å²) in [6, 6.07) is 7.47. The number of likely N-dealkylation sites (tertiary alicyclic amines) is 1. The van der Waals surface area contributed by atoms with Crippen LogP contribution in [0.15, 0.2) is 24.4 Å². The molecule has 0 amide bonds. The molecular formula is C16H20N2. The minimum absolute atomic E-state index is 0.704. The lowest BCUT2D eigenvalue weighted by Crippen LogP contribution is -2.47. The van der Waals surface area contributed by atoms with Crippen LogP contribution in [0.1, 0.15) is 30.4 Å². The fourth-order valence-corrected chi connectivity index (χ4v) is 4.21. The van der Waals surface area contributed by atoms with E-state index < -0.39 is 0 Å². The quantitative estimate of drug-likeness (QED) is 0.749. The molecule has 94 valence electrons. The Hall–Kier alpha value is -1.28. The Kier molecular flexibility index (Phi) is 2.13. The molecule has 1 aromatic heterocycles. The molecule has 1 N–H and O–H groups in total. The summed E-state index contributed by atoms with van der Waals surface area (Å²) >= 11 is 0. The summed E-state index contributed by atoms with van der Waals surface area (Å²) in [5.41, 5.74) is 4.42. The molecule has 0 saturated carbocycles. The highest BCUT2D eigenvalue weighted by Crippen LogP contribution is 2.43. The van der Waals surface area contributed by atoms with Crippen molar-refractivity contribution in [3.63, 3.8) is 0 Å². The molecule has 2 aliphatic rings. The van der Waals surface area contributed by atoms with Gasteiger partial charge in [-0.2, -0.15) is 0 Å². The molecule has 2 nitrogen and oxygen atoms in total. The van der Waals surface area contributed by atoms with E-state index >= 15 is 0 Å². The molecular weight excluding hydrogens is 220 g/mol. The van der Waals surface area contributed by atoms with Gasteiger partial charge in [-0.15, -0.1) is 0 Å². The van der Waals surface area contributed by atoms with E-state index in [1.807, 2.05) is 0 Å². The number of hydrogen-bond donors (Lipinski definition) is 1. The van der Waals surface area contributed by atoms with E-state index in [2.05, 4.69) is 48.3 Å². The molecule has 1 saturated heterocycles. The number of aromatic amines is 1. The lowest BCUT2D eigenvalue weighted by atomic mass is 9.73. The largest absolute Gasteiger partial charge is 0.361 e. The number of nitrogens with one attached hydrogen (secondary N) is 1. The summed E-state index contributed by atoms with van der Waals surface area (Å²) in [6.07, 6.45) is 4.78. The maximum absolute atomic E-state index is 3.44. The third-order valence-corrected chi connectivity index (χ3v) is 4.93. The number of hydrogen-bond acceptors (Lipinski definition) is 1. The Morgan fingerprint density at radius 3 is 3.11 bits per heavy atom. The van der Waals surface area contributed by atoms with Gasteiger partial charge in [0.05, 0.1) is 0 Å². The number of nitrogens with zero attached hydrogens (tertiary/aromatic N) is 1. The van der Waals surface area contributed by atoms with Crippen molar-refractivity contribution in [1.29, 1.82) is 0 Å². The standard InChI is InChI=1S/C16H20N2/c1-10-6-13-12-4-3-5-14-16(12)11(8-17-14)7-15(13)18(2)9-10/h3-5,8,10,13,15,17H,6-7,9H2,1-2H3/t10-,13-,15-/m0/s1. The Morgan fingerprint density at radius 2 is 2.22 bits per heavy atom. The fraction of sp³-hybridized carbons (Fsp3) is 0.500. The maximum atomic E-state index is 3.44. The van der Waals surface area contributed by atoms with Gasteiger partial charge in [-0.1, -0.05) is 19.1 Å². The van der Waals surface area contributed by atoms with Crippen LogP contribution in [0.3, 0.4) is 0 Å². The number of aromatic nitrogens is 1. The Labute approximate surface area is 108 Å². The molecule has 2 aromatic rings. The van der Waals surface area contributed by atoms with Gasteiger partial charge >= 0.3 is 0 Å². The second-order valence-corrected chi connectivity index (χ2v) is 6.24. The van der Waals surface area contributed by atoms with E-state index in [-0.39, 0.29) is 0 Å². The third-order valence-electron chi connectivity index (χ3n) is 4.93. The number of rotatable bonds is 0. The first kappa shape index (κ1) is 10.6. The van der Waals surface area contributed by atoms with Gasteiger partial charge in [0, 0.05) is 35.6 Å². The van der Waals surface area contributed by atoms with Crippen LogP contribution in [-0.2, 0) is 6.42 Å². The zero-order valence-electron chi connectivity index (χ0n) is 11.1. The highest BCUT2D eigenvalue weighted by atomic mass is 15.1. The first-order valence-electron chi connectivity index (χ1n) is 7.03. The molecule has 1 aromatic carbocycles. The highest BCUT2D eigenvalue weighted by molar-refractivity contribution is 5.88. The van der Waals surface area contributed by atoms with Gasteiger partial charge in [-0.25, -0.2) is 0 Å². The zero-order chi connectivity index (χ0) is 12.3. The van der Waals surface area contributed by atoms with Gasteiger partial charge in [-0.05, 0) is 43.0 Å². The van der Waals surface area contributed by atoms with Crippen molar-refractivity contribution in [2.75, 3.05) is 13.6 Å². The van der Waals surface area contributed by atoms with E-state index in [4.69, 9.17) is 0 Å². The van der Waals surface area contributed by atoms with E-state index in [1.54, 1.807) is 5.56 Å². The molecule has 1 fully saturated rings. The van der Waals surface area contributed by atoms with Crippen LogP contribution >= 0.6 is 0 Å². The minimum Gasteiger partial charge on any atom is -0.361 e. The first-order valence-corrected chi connectivity index (χ1v) is 7.03. The average molecular weight is 240 g/mol. The highest BCUT2D eigenvalue weighted by Gasteiger charge is 2.37. The van der Waals surface area contributed by atoms with Gasteiger partial charge < -0.3 is 9.88 Å². The Morgan fingerprint density at radius 1 is 1.33 bits per heavy atom. The number of piperidine rings is 1. The summed E-state index contributed by atoms with van der Waals surface area (Å²) in [7, 11) is 2.30. The van der Waals surface area contributed by atoms with Crippen LogP contribution in [0.4, 0.5) is 0 Å². The van der Waals surface area contributed by atoms with Crippen LogP contribution < -0.4 is 0 Å². The van der Waals surface area contributed by atoms with E-state index in [9.17, 15) is 0 Å². The van der Waals surface area contributed by atoms with Crippen LogP contribution in [0, 0.1) is 5.92 Å². The van der Waals surface area contributed by atoms with Gasteiger partial charge in [0.15, 0.2) is 0 Å². The van der Waals surface area contributed by atoms with Crippen molar-refractivity contribution >= 4 is 10.9 Å². The Bertz CT molecular complexity index is 598. The predicted molar refractivity (Wildman–Crippen MR) is 74.9 cm³/mol. The lowest BCUT2D eigenvalue weighted by Gasteiger charge is -2.44. The van der Waals surface area contributed by atoms with Gasteiger partial charge in [0.2, 0.25) is 0 Å². The van der Waals surface area contributed by atoms with Crippen molar-refractivity contribution in [2.24, 2.45) is 5.92 Å². The average Bonchev–Trinajstić information content (AvgIpc) is 2.76. The maximum Gasteiger partial charge on any atom is 0.0459 e. The van der Waals surface area contributed by atoms with Gasteiger partial charge in [0.1, 0.15) is 0 Å². The smallest absolute Gasteiger partial charge is 0.0459 e. The van der Waals surface area contributed by atoms with Crippen LogP contribution in [0.25, 0.3) is 10.9 Å². The number of likely N-dealkylation sites (N-methyl/N-ethyl adjacent to an activating group) is 1. The van der Waals surface area contributed by atoms with Crippen molar-refractivity contribution in [2.45, 2.75) is 31.7 Å². The summed E-state index contributed by atoms with van der Waals surface area (Å²) in [4.78, 5) is 6.01. The number of benzene rings is 1. The number of fused-ring (bicyclic) bond motifs is 2. The second-order valence-electron chi connectivity index (χ2n) is 6.24. The molecule has 4 rings (SSSR count). The summed E-state index contributed by atoms with van der Waals surface area (Å²) in [5.74, 6) is 1.54. The molecule has 3 atom stereocenters. The predicted octanol–water partition coefficient (Wildman–Crippen LogP) is 3.15. The lowest BCUT2D eigenvalue weighted by molar-refractivity contribution is 0.119. The second kappa shape index (κ2) is 3.61. The van der Waals surface area contributed by atoms with E-state index in [0.29, 0.717) is 6.04 Å². The van der Waals surface area contributed by atoms with Crippen molar-refractivity contribution in [1.82, 2.24) is 9.88 Å². The topological polar surface area (TPSA) is 19.0 Å². The molecule has 0 bridgehead atoms. The normalized spacial score (nSPS) is 31.6. The molecule has 0 spiro atoms. The summed E-state index contributed by atoms with van der Waals surface area (Å²) in [6.45, 7) is 3.64. The zero-order valence-corrected chi connectivity index (χ0v) is 11.1. The van der Waals surface area contributed by atoms with Gasteiger partial charge in [-0.3, -0.25) is 0 Å². The van der Waals surface area contributed by atoms with Gasteiger partial charge in [0.25, 0.3) is 0 Å². The van der Waals surface area contributed by atoms with Crippen molar-refractivity contribution in [3.8, 4) is 0 Å². The molecule has 2 heterocycles. The van der Waals surface area contributed by atoms with Crippen LogP contribution in [0.2, 0.25) is 0 Å². The summed E-state index contributed by atoms with van der Waals surface area (Å²) < 4.78 is 0. The third kappa shape index (κ3) is 1.33. The van der Waals surface area contributed by atoms with E-state index in [1.165, 1.54) is 35.9 Å². The molecule has 1 aliphatic heterocycles. The number of H-pyrrole nitrogens is 1.